The summed E-state index contributed by atoms with van der Waals surface area (Å²) in [5.41, 5.74) is 1.79. The Hall–Kier alpha value is -4.03. The Morgan fingerprint density at radius 3 is 2.69 bits per heavy atom. The smallest absolute Gasteiger partial charge is 0.270 e. The van der Waals surface area contributed by atoms with Gasteiger partial charge in [0.1, 0.15) is 6.07 Å². The molecule has 0 radical (unpaired) electrons. The Morgan fingerprint density at radius 1 is 1.25 bits per heavy atom. The van der Waals surface area contributed by atoms with Crippen molar-refractivity contribution in [2.75, 3.05) is 37.6 Å². The Morgan fingerprint density at radius 2 is 2.00 bits per heavy atom. The van der Waals surface area contributed by atoms with Crippen LogP contribution >= 0.6 is 0 Å². The quantitative estimate of drug-likeness (QED) is 0.369. The number of allylic oxidation sites excluding steroid dienone is 1. The second-order valence-corrected chi connectivity index (χ2v) is 7.63. The number of non-ortho nitro benzene ring substituents is 1. The number of likely N-dealkylation sites (N-methyl/N-ethyl adjacent to an activating group) is 1. The molecular formula is C23H22N6O3. The van der Waals surface area contributed by atoms with E-state index in [9.17, 15) is 20.5 Å². The molecule has 2 heterocycles. The highest BCUT2D eigenvalue weighted by molar-refractivity contribution is 5.93. The van der Waals surface area contributed by atoms with Crippen molar-refractivity contribution >= 4 is 33.9 Å². The van der Waals surface area contributed by atoms with Crippen LogP contribution in [0, 0.1) is 21.4 Å². The van der Waals surface area contributed by atoms with Gasteiger partial charge in [0.05, 0.1) is 48.7 Å². The molecule has 162 valence electrons. The van der Waals surface area contributed by atoms with E-state index in [1.54, 1.807) is 30.3 Å². The number of nitriles is 1. The second kappa shape index (κ2) is 8.99. The lowest BCUT2D eigenvalue weighted by Crippen LogP contribution is -3.14. The zero-order valence-electron chi connectivity index (χ0n) is 17.6. The van der Waals surface area contributed by atoms with Crippen molar-refractivity contribution < 1.29 is 14.9 Å². The molecule has 9 heteroatoms. The molecule has 1 aliphatic heterocycles. The molecule has 0 aliphatic carbocycles. The standard InChI is InChI=1S/C23H22N6O3/c1-2-27-9-11-28(12-10-27)21-8-7-18(29(31)32)14-16(21)13-17(15-24)22-25-20-6-4-3-5-19(20)23(30)26-22/h3-8,13-14H,2,9-12H2,1H3,(H,25,26,30)/b17-13+. The maximum Gasteiger partial charge on any atom is 0.270 e. The van der Waals surface area contributed by atoms with Gasteiger partial charge in [0.2, 0.25) is 0 Å². The molecule has 0 bridgehead atoms. The number of nitrogens with one attached hydrogen (secondary N) is 1. The number of piperazine rings is 1. The number of nitro benzene ring substituents is 1. The fourth-order valence-electron chi connectivity index (χ4n) is 3.95. The fourth-order valence-corrected chi connectivity index (χ4v) is 3.95. The maximum absolute atomic E-state index is 12.4. The lowest BCUT2D eigenvalue weighted by Gasteiger charge is -2.34. The van der Waals surface area contributed by atoms with Gasteiger partial charge in [-0.3, -0.25) is 10.1 Å². The van der Waals surface area contributed by atoms with Crippen LogP contribution in [-0.4, -0.2) is 47.6 Å². The van der Waals surface area contributed by atoms with Crippen molar-refractivity contribution in [3.8, 4) is 11.9 Å². The van der Waals surface area contributed by atoms with E-state index in [4.69, 9.17) is 0 Å². The third-order valence-corrected chi connectivity index (χ3v) is 5.76. The summed E-state index contributed by atoms with van der Waals surface area (Å²) in [6.07, 6.45) is 1.53. The lowest BCUT2D eigenvalue weighted by molar-refractivity contribution is -0.898. The van der Waals surface area contributed by atoms with Gasteiger partial charge in [-0.1, -0.05) is 18.2 Å². The molecule has 3 aromatic rings. The number of nitro groups is 1. The fraction of sp³-hybridized carbons (Fsp3) is 0.261. The minimum Gasteiger partial charge on any atom is -0.858 e. The summed E-state index contributed by atoms with van der Waals surface area (Å²) in [6, 6.07) is 13.5. The minimum atomic E-state index is -0.468. The second-order valence-electron chi connectivity index (χ2n) is 7.63. The first-order chi connectivity index (χ1) is 15.5. The van der Waals surface area contributed by atoms with Crippen LogP contribution in [0.15, 0.2) is 42.5 Å². The van der Waals surface area contributed by atoms with E-state index in [1.807, 2.05) is 0 Å². The van der Waals surface area contributed by atoms with Crippen molar-refractivity contribution in [3.05, 3.63) is 64.0 Å². The third kappa shape index (κ3) is 4.22. The number of benzene rings is 2. The summed E-state index contributed by atoms with van der Waals surface area (Å²) < 4.78 is 0. The molecule has 0 saturated carbocycles. The first kappa shape index (κ1) is 21.2. The van der Waals surface area contributed by atoms with E-state index < -0.39 is 10.8 Å². The minimum absolute atomic E-state index is 0.00824. The van der Waals surface area contributed by atoms with Gasteiger partial charge >= 0.3 is 0 Å². The predicted molar refractivity (Wildman–Crippen MR) is 119 cm³/mol. The van der Waals surface area contributed by atoms with Gasteiger partial charge in [0.15, 0.2) is 5.82 Å². The van der Waals surface area contributed by atoms with Gasteiger partial charge in [0.25, 0.3) is 5.69 Å². The number of hydrogen-bond acceptors (Lipinski definition) is 7. The van der Waals surface area contributed by atoms with Crippen molar-refractivity contribution in [2.24, 2.45) is 0 Å². The summed E-state index contributed by atoms with van der Waals surface area (Å²) in [7, 11) is 0. The Kier molecular flexibility index (Phi) is 5.96. The van der Waals surface area contributed by atoms with E-state index >= 15 is 0 Å². The topological polar surface area (TPSA) is 123 Å². The summed E-state index contributed by atoms with van der Waals surface area (Å²) in [5, 5.41) is 34.0. The zero-order chi connectivity index (χ0) is 22.7. The van der Waals surface area contributed by atoms with Crippen molar-refractivity contribution in [3.63, 3.8) is 0 Å². The number of rotatable bonds is 5. The van der Waals surface area contributed by atoms with Gasteiger partial charge in [-0.15, -0.1) is 0 Å². The molecule has 0 amide bonds. The van der Waals surface area contributed by atoms with E-state index in [-0.39, 0.29) is 17.1 Å². The van der Waals surface area contributed by atoms with Crippen LogP contribution in [0.1, 0.15) is 18.3 Å². The van der Waals surface area contributed by atoms with Crippen LogP contribution in [0.5, 0.6) is 5.88 Å². The molecule has 0 unspecified atom stereocenters. The maximum atomic E-state index is 12.4. The van der Waals surface area contributed by atoms with Crippen molar-refractivity contribution in [1.82, 2.24) is 9.97 Å². The van der Waals surface area contributed by atoms with Crippen molar-refractivity contribution in [2.45, 2.75) is 6.92 Å². The largest absolute Gasteiger partial charge is 0.858 e. The monoisotopic (exact) mass is 430 g/mol. The Balaban J connectivity index is 1.79. The van der Waals surface area contributed by atoms with E-state index in [0.717, 1.165) is 38.4 Å². The SMILES string of the molecule is CC[NH+]1CCN(c2ccc([N+](=O)[O-])cc2/C=C(\C#N)c2nc([O-])c3ccccc3n2)CC1. The van der Waals surface area contributed by atoms with E-state index in [0.29, 0.717) is 16.5 Å². The molecule has 0 atom stereocenters. The Labute approximate surface area is 185 Å². The predicted octanol–water partition coefficient (Wildman–Crippen LogP) is 1.40. The van der Waals surface area contributed by atoms with E-state index in [1.165, 1.54) is 23.1 Å². The van der Waals surface area contributed by atoms with Gasteiger partial charge in [-0.25, -0.2) is 9.97 Å². The molecule has 1 aromatic heterocycles. The molecule has 1 saturated heterocycles. The molecule has 0 spiro atoms. The first-order valence-corrected chi connectivity index (χ1v) is 10.4. The molecule has 1 aliphatic rings. The zero-order valence-corrected chi connectivity index (χ0v) is 17.6. The average Bonchev–Trinajstić information content (AvgIpc) is 2.82. The van der Waals surface area contributed by atoms with Gasteiger partial charge in [-0.2, -0.15) is 5.26 Å². The highest BCUT2D eigenvalue weighted by atomic mass is 16.6. The van der Waals surface area contributed by atoms with Gasteiger partial charge in [0, 0.05) is 28.8 Å². The average molecular weight is 430 g/mol. The van der Waals surface area contributed by atoms with Crippen molar-refractivity contribution in [1.29, 1.82) is 5.26 Å². The van der Waals surface area contributed by atoms with Crippen LogP contribution in [-0.2, 0) is 0 Å². The van der Waals surface area contributed by atoms with Gasteiger partial charge in [-0.05, 0) is 31.0 Å². The third-order valence-electron chi connectivity index (χ3n) is 5.76. The summed E-state index contributed by atoms with van der Waals surface area (Å²) >= 11 is 0. The molecule has 9 nitrogen and oxygen atoms in total. The van der Waals surface area contributed by atoms with Crippen LogP contribution in [0.4, 0.5) is 11.4 Å². The first-order valence-electron chi connectivity index (χ1n) is 10.4. The molecule has 2 aromatic carbocycles. The van der Waals surface area contributed by atoms with Crippen LogP contribution in [0.2, 0.25) is 0 Å². The van der Waals surface area contributed by atoms with Crippen LogP contribution in [0.25, 0.3) is 22.6 Å². The lowest BCUT2D eigenvalue weighted by atomic mass is 10.1. The van der Waals surface area contributed by atoms with E-state index in [2.05, 4.69) is 27.9 Å². The summed E-state index contributed by atoms with van der Waals surface area (Å²) in [4.78, 5) is 22.9. The highest BCUT2D eigenvalue weighted by Crippen LogP contribution is 2.30. The molecule has 32 heavy (non-hydrogen) atoms. The number of aromatic nitrogens is 2. The number of anilines is 1. The molecule has 4 rings (SSSR count). The Bertz CT molecular complexity index is 1240. The van der Waals surface area contributed by atoms with Crippen LogP contribution in [0.3, 0.4) is 0 Å². The normalized spacial score (nSPS) is 15.0. The molecule has 1 N–H and O–H groups in total. The summed E-state index contributed by atoms with van der Waals surface area (Å²) in [6.45, 7) is 6.75. The van der Waals surface area contributed by atoms with Crippen LogP contribution < -0.4 is 14.9 Å². The molecule has 1 fully saturated rings. The highest BCUT2D eigenvalue weighted by Gasteiger charge is 2.22. The number of nitrogens with zero attached hydrogens (tertiary/aromatic N) is 5. The number of quaternary nitrogens is 1. The number of para-hydroxylation sites is 1. The van der Waals surface area contributed by atoms with Gasteiger partial charge < -0.3 is 14.9 Å². The number of hydrogen-bond donors (Lipinski definition) is 1. The molecular weight excluding hydrogens is 408 g/mol. The summed E-state index contributed by atoms with van der Waals surface area (Å²) in [5.74, 6) is -0.460. The number of fused-ring (bicyclic) bond motifs is 1.